The Morgan fingerprint density at radius 2 is 1.22 bits per heavy atom. The smallest absolute Gasteiger partial charge is 0.157 e. The number of fused-ring (bicyclic) bond motifs is 6. The first-order valence-electron chi connectivity index (χ1n) is 16.6. The van der Waals surface area contributed by atoms with Gasteiger partial charge in [-0.2, -0.15) is 0 Å². The molecule has 0 saturated heterocycles. The van der Waals surface area contributed by atoms with Crippen molar-refractivity contribution in [1.82, 2.24) is 0 Å². The van der Waals surface area contributed by atoms with Crippen LogP contribution in [0.5, 0.6) is 0 Å². The summed E-state index contributed by atoms with van der Waals surface area (Å²) in [5, 5.41) is 4.72. The molecule has 0 amide bonds. The van der Waals surface area contributed by atoms with E-state index in [1.54, 1.807) is 0 Å². The van der Waals surface area contributed by atoms with Gasteiger partial charge in [-0.05, 0) is 64.2 Å². The van der Waals surface area contributed by atoms with Crippen molar-refractivity contribution in [3.8, 4) is 22.3 Å². The highest BCUT2D eigenvalue weighted by Crippen LogP contribution is 2.41. The Balaban J connectivity index is 1.09. The summed E-state index contributed by atoms with van der Waals surface area (Å²) in [5.74, 6) is 0.973. The summed E-state index contributed by atoms with van der Waals surface area (Å²) in [4.78, 5) is 9.73. The number of rotatable bonds is 6. The van der Waals surface area contributed by atoms with Crippen molar-refractivity contribution < 1.29 is 4.42 Å². The van der Waals surface area contributed by atoms with Gasteiger partial charge < -0.3 is 10.2 Å². The molecular weight excluding hydrogens is 631 g/mol. The summed E-state index contributed by atoms with van der Waals surface area (Å²) >= 11 is 1.86. The number of hydrogen-bond donors (Lipinski definition) is 1. The van der Waals surface area contributed by atoms with E-state index in [9.17, 15) is 0 Å². The average Bonchev–Trinajstić information content (AvgIpc) is 3.75. The minimum atomic E-state index is 0.414. The summed E-state index contributed by atoms with van der Waals surface area (Å²) in [6.45, 7) is 0.486. The highest BCUT2D eigenvalue weighted by molar-refractivity contribution is 7.26. The van der Waals surface area contributed by atoms with E-state index in [4.69, 9.17) is 20.1 Å². The highest BCUT2D eigenvalue weighted by atomic mass is 32.1. The largest absolute Gasteiger partial charge is 0.456 e. The van der Waals surface area contributed by atoms with Gasteiger partial charge in [-0.15, -0.1) is 11.3 Å². The lowest BCUT2D eigenvalue weighted by atomic mass is 9.97. The van der Waals surface area contributed by atoms with Crippen LogP contribution in [0.1, 0.15) is 16.7 Å². The Labute approximate surface area is 293 Å². The van der Waals surface area contributed by atoms with Crippen molar-refractivity contribution in [3.05, 3.63) is 180 Å². The van der Waals surface area contributed by atoms with Gasteiger partial charge >= 0.3 is 0 Å². The van der Waals surface area contributed by atoms with Crippen molar-refractivity contribution in [2.45, 2.75) is 6.54 Å². The van der Waals surface area contributed by atoms with Gasteiger partial charge in [-0.1, -0.05) is 127 Å². The van der Waals surface area contributed by atoms with Crippen molar-refractivity contribution in [3.63, 3.8) is 0 Å². The molecule has 0 bridgehead atoms. The van der Waals surface area contributed by atoms with Crippen LogP contribution >= 0.6 is 11.3 Å². The van der Waals surface area contributed by atoms with Gasteiger partial charge in [0.25, 0.3) is 0 Å². The topological polar surface area (TPSA) is 63.9 Å². The van der Waals surface area contributed by atoms with Crippen LogP contribution in [0.15, 0.2) is 178 Å². The molecule has 2 heterocycles. The predicted octanol–water partition coefficient (Wildman–Crippen LogP) is 11.6. The molecule has 0 atom stereocenters. The Hall–Kier alpha value is -6.30. The van der Waals surface area contributed by atoms with E-state index in [2.05, 4.69) is 109 Å². The van der Waals surface area contributed by atoms with Crippen LogP contribution in [0, 0.1) is 0 Å². The first kappa shape index (κ1) is 29.8. The number of thiophene rings is 1. The van der Waals surface area contributed by atoms with Gasteiger partial charge in [0.2, 0.25) is 0 Å². The average molecular weight is 662 g/mol. The molecule has 2 aromatic heterocycles. The number of furan rings is 1. The minimum absolute atomic E-state index is 0.414. The molecule has 9 aromatic rings. The third kappa shape index (κ3) is 5.54. The van der Waals surface area contributed by atoms with Gasteiger partial charge in [0, 0.05) is 42.1 Å². The molecular formula is C45H31N3OS. The van der Waals surface area contributed by atoms with Crippen LogP contribution in [-0.2, 0) is 6.54 Å². The number of hydrogen-bond acceptors (Lipinski definition) is 3. The molecule has 0 fully saturated rings. The summed E-state index contributed by atoms with van der Waals surface area (Å²) < 4.78 is 9.16. The fourth-order valence-corrected chi connectivity index (χ4v) is 7.90. The van der Waals surface area contributed by atoms with Gasteiger partial charge in [-0.3, -0.25) is 4.99 Å². The van der Waals surface area contributed by atoms with Crippen LogP contribution < -0.4 is 5.73 Å². The Morgan fingerprint density at radius 3 is 2.08 bits per heavy atom. The molecule has 238 valence electrons. The maximum atomic E-state index is 6.53. The van der Waals surface area contributed by atoms with E-state index in [1.165, 1.54) is 31.3 Å². The monoisotopic (exact) mass is 661 g/mol. The van der Waals surface area contributed by atoms with E-state index in [-0.39, 0.29) is 0 Å². The molecule has 0 aliphatic heterocycles. The molecule has 0 radical (unpaired) electrons. The molecule has 0 unspecified atom stereocenters. The normalized spacial score (nSPS) is 12.4. The molecule has 7 aromatic carbocycles. The van der Waals surface area contributed by atoms with Crippen molar-refractivity contribution in [2.75, 3.05) is 0 Å². The first-order valence-corrected chi connectivity index (χ1v) is 17.5. The lowest BCUT2D eigenvalue weighted by molar-refractivity contribution is 0.669. The maximum absolute atomic E-state index is 6.53. The zero-order valence-electron chi connectivity index (χ0n) is 27.1. The molecule has 50 heavy (non-hydrogen) atoms. The third-order valence-electron chi connectivity index (χ3n) is 9.19. The summed E-state index contributed by atoms with van der Waals surface area (Å²) in [6, 6.07) is 56.6. The lowest BCUT2D eigenvalue weighted by Gasteiger charge is -2.07. The highest BCUT2D eigenvalue weighted by Gasteiger charge is 2.14. The second-order valence-corrected chi connectivity index (χ2v) is 13.4. The molecule has 9 rings (SSSR count). The van der Waals surface area contributed by atoms with Crippen molar-refractivity contribution in [2.24, 2.45) is 15.7 Å². The second-order valence-electron chi connectivity index (χ2n) is 12.4. The molecule has 0 spiro atoms. The fraction of sp³-hybridized carbons (Fsp3) is 0.0222. The second kappa shape index (κ2) is 12.6. The van der Waals surface area contributed by atoms with Gasteiger partial charge in [0.05, 0.1) is 6.54 Å². The Morgan fingerprint density at radius 1 is 0.540 bits per heavy atom. The number of amidine groups is 2. The first-order chi connectivity index (χ1) is 24.7. The zero-order chi connectivity index (χ0) is 33.4. The van der Waals surface area contributed by atoms with Gasteiger partial charge in [-0.25, -0.2) is 4.99 Å². The predicted molar refractivity (Wildman–Crippen MR) is 211 cm³/mol. The molecule has 0 aliphatic rings. The molecule has 4 nitrogen and oxygen atoms in total. The third-order valence-corrected chi connectivity index (χ3v) is 10.4. The standard InChI is InChI=1S/C45H31N3OS/c46-44(30-13-5-2-6-14-30)48-45(47-28-29-11-3-1-4-12-29)34-22-24-37-36-23-21-32(26-40(36)49-41(37)27-34)31-15-9-16-33(25-31)35-18-10-19-39-38-17-7-8-20-42(38)50-43(35)39/h1-27H,28H2,(H2,46,47,48). The van der Waals surface area contributed by atoms with Crippen molar-refractivity contribution >= 4 is 65.1 Å². The van der Waals surface area contributed by atoms with Crippen LogP contribution in [0.3, 0.4) is 0 Å². The van der Waals surface area contributed by atoms with E-state index in [0.717, 1.165) is 49.8 Å². The SMILES string of the molecule is NC(=NC(=NCc1ccccc1)c1ccc2c(c1)oc1cc(-c3cccc(-c4cccc5c4sc4ccccc45)c3)ccc12)c1ccccc1. The van der Waals surface area contributed by atoms with Crippen LogP contribution in [0.2, 0.25) is 0 Å². The number of nitrogens with two attached hydrogens (primary N) is 1. The molecule has 5 heteroatoms. The number of aliphatic imine (C=N–C) groups is 2. The number of nitrogens with zero attached hydrogens (tertiary/aromatic N) is 2. The summed E-state index contributed by atoms with van der Waals surface area (Å²) in [6.07, 6.45) is 0. The fourth-order valence-electron chi connectivity index (χ4n) is 6.66. The van der Waals surface area contributed by atoms with Crippen LogP contribution in [-0.4, -0.2) is 11.7 Å². The van der Waals surface area contributed by atoms with E-state index >= 15 is 0 Å². The van der Waals surface area contributed by atoms with E-state index < -0.39 is 0 Å². The van der Waals surface area contributed by atoms with Crippen LogP contribution in [0.25, 0.3) is 64.4 Å². The summed E-state index contributed by atoms with van der Waals surface area (Å²) in [5.41, 5.74) is 15.6. The molecule has 0 saturated carbocycles. The van der Waals surface area contributed by atoms with E-state index in [1.807, 2.05) is 65.9 Å². The van der Waals surface area contributed by atoms with Crippen LogP contribution in [0.4, 0.5) is 0 Å². The Bertz CT molecular complexity index is 2740. The van der Waals surface area contributed by atoms with Crippen molar-refractivity contribution in [1.29, 1.82) is 0 Å². The molecule has 2 N–H and O–H groups in total. The lowest BCUT2D eigenvalue weighted by Crippen LogP contribution is -2.16. The minimum Gasteiger partial charge on any atom is -0.456 e. The van der Waals surface area contributed by atoms with Gasteiger partial charge in [0.1, 0.15) is 17.0 Å². The number of benzene rings is 7. The van der Waals surface area contributed by atoms with E-state index in [0.29, 0.717) is 18.2 Å². The zero-order valence-corrected chi connectivity index (χ0v) is 27.9. The quantitative estimate of drug-likeness (QED) is 0.142. The molecule has 0 aliphatic carbocycles. The summed E-state index contributed by atoms with van der Waals surface area (Å²) in [7, 11) is 0. The Kier molecular flexibility index (Phi) is 7.52. The van der Waals surface area contributed by atoms with Gasteiger partial charge in [0.15, 0.2) is 5.84 Å². The maximum Gasteiger partial charge on any atom is 0.157 e.